The topological polar surface area (TPSA) is 54.5 Å². The number of nitrogens with zero attached hydrogens (tertiary/aromatic N) is 1. The molecule has 0 aliphatic heterocycles. The normalized spacial score (nSPS) is 15.5. The first-order chi connectivity index (χ1) is 8.66. The number of benzene rings is 1. The Balaban J connectivity index is 3.16. The highest BCUT2D eigenvalue weighted by Gasteiger charge is 2.28. The van der Waals surface area contributed by atoms with Gasteiger partial charge in [0.2, 0.25) is 10.0 Å². The first-order valence-electron chi connectivity index (χ1n) is 5.39. The number of rotatable bonds is 5. The quantitative estimate of drug-likeness (QED) is 0.794. The molecule has 1 rings (SSSR count). The highest BCUT2D eigenvalue weighted by atomic mass is 79.9. The number of hydrogen-bond donors (Lipinski definition) is 0. The number of hydrogen-bond acceptors (Lipinski definition) is 3. The summed E-state index contributed by atoms with van der Waals surface area (Å²) >= 11 is 3.10. The summed E-state index contributed by atoms with van der Waals surface area (Å²) in [6.45, 7) is 1.66. The Morgan fingerprint density at radius 2 is 2.05 bits per heavy atom. The second-order valence-corrected chi connectivity index (χ2v) is 8.48. The van der Waals surface area contributed by atoms with Crippen LogP contribution in [0.4, 0.5) is 4.39 Å². The van der Waals surface area contributed by atoms with Crippen LogP contribution in [0.1, 0.15) is 6.92 Å². The molecule has 1 aromatic rings. The Morgan fingerprint density at radius 1 is 1.47 bits per heavy atom. The van der Waals surface area contributed by atoms with Crippen molar-refractivity contribution in [1.29, 1.82) is 0 Å². The van der Waals surface area contributed by atoms with Crippen molar-refractivity contribution in [3.8, 4) is 0 Å². The molecule has 108 valence electrons. The van der Waals surface area contributed by atoms with Crippen molar-refractivity contribution in [2.75, 3.05) is 19.1 Å². The van der Waals surface area contributed by atoms with Crippen molar-refractivity contribution >= 4 is 36.8 Å². The summed E-state index contributed by atoms with van der Waals surface area (Å²) in [6.07, 6.45) is 1.51. The minimum absolute atomic E-state index is 0.135. The van der Waals surface area contributed by atoms with E-state index < -0.39 is 32.7 Å². The summed E-state index contributed by atoms with van der Waals surface area (Å²) in [5.74, 6) is -0.398. The van der Waals surface area contributed by atoms with Crippen LogP contribution in [0.5, 0.6) is 0 Å². The Bertz CT molecular complexity index is 592. The maximum atomic E-state index is 13.2. The van der Waals surface area contributed by atoms with Crippen LogP contribution >= 0.6 is 15.9 Å². The van der Waals surface area contributed by atoms with Crippen LogP contribution in [0.15, 0.2) is 27.6 Å². The Kier molecular flexibility index (Phi) is 5.66. The average molecular weight is 372 g/mol. The molecule has 0 spiro atoms. The fraction of sp³-hybridized carbons (Fsp3) is 0.455. The fourth-order valence-electron chi connectivity index (χ4n) is 1.51. The van der Waals surface area contributed by atoms with Crippen molar-refractivity contribution in [3.63, 3.8) is 0 Å². The van der Waals surface area contributed by atoms with E-state index in [0.29, 0.717) is 4.47 Å². The van der Waals surface area contributed by atoms with E-state index in [0.717, 1.165) is 10.4 Å². The zero-order valence-electron chi connectivity index (χ0n) is 10.8. The van der Waals surface area contributed by atoms with E-state index in [2.05, 4.69) is 15.9 Å². The van der Waals surface area contributed by atoms with E-state index in [9.17, 15) is 17.0 Å². The van der Waals surface area contributed by atoms with Crippen molar-refractivity contribution < 1.29 is 17.0 Å². The largest absolute Gasteiger partial charge is 0.260 e. The first-order valence-corrected chi connectivity index (χ1v) is 9.35. The van der Waals surface area contributed by atoms with Crippen LogP contribution in [0.3, 0.4) is 0 Å². The van der Waals surface area contributed by atoms with Crippen molar-refractivity contribution in [2.24, 2.45) is 0 Å². The molecule has 0 aliphatic carbocycles. The third-order valence-electron chi connectivity index (χ3n) is 2.65. The lowest BCUT2D eigenvalue weighted by Gasteiger charge is -2.24. The molecule has 0 aliphatic rings. The lowest BCUT2D eigenvalue weighted by Crippen LogP contribution is -2.38. The summed E-state index contributed by atoms with van der Waals surface area (Å²) in [7, 11) is -3.54. The van der Waals surface area contributed by atoms with Crippen molar-refractivity contribution in [1.82, 2.24) is 4.31 Å². The molecule has 1 aromatic carbocycles. The van der Waals surface area contributed by atoms with Gasteiger partial charge < -0.3 is 0 Å². The summed E-state index contributed by atoms with van der Waals surface area (Å²) < 4.78 is 50.5. The molecular weight excluding hydrogens is 357 g/mol. The van der Waals surface area contributed by atoms with Gasteiger partial charge in [0.1, 0.15) is 5.82 Å². The Hall–Kier alpha value is -0.310. The lowest BCUT2D eigenvalue weighted by atomic mass is 10.3. The molecule has 0 aromatic heterocycles. The highest BCUT2D eigenvalue weighted by Crippen LogP contribution is 2.26. The van der Waals surface area contributed by atoms with Crippen LogP contribution in [-0.4, -0.2) is 42.0 Å². The SMILES string of the molecule is CC(CS(C)=O)N(C)S(=O)(=O)c1cc(F)ccc1Br. The lowest BCUT2D eigenvalue weighted by molar-refractivity contribution is 0.412. The molecule has 2 atom stereocenters. The molecule has 8 heteroatoms. The number of sulfonamides is 1. The summed E-state index contributed by atoms with van der Waals surface area (Å²) in [6, 6.07) is 3.05. The van der Waals surface area contributed by atoms with Gasteiger partial charge in [-0.3, -0.25) is 4.21 Å². The predicted octanol–water partition coefficient (Wildman–Crippen LogP) is 1.98. The third kappa shape index (κ3) is 4.08. The standard InChI is InChI=1S/C11H15BrFNO3S2/c1-8(7-18(3)15)14(2)19(16,17)11-6-9(13)4-5-10(11)12/h4-6,8H,7H2,1-3H3. The average Bonchev–Trinajstić information content (AvgIpc) is 2.30. The first kappa shape index (κ1) is 16.7. The monoisotopic (exact) mass is 371 g/mol. The number of halogens is 2. The van der Waals surface area contributed by atoms with Gasteiger partial charge in [-0.1, -0.05) is 0 Å². The molecule has 0 heterocycles. The molecule has 0 bridgehead atoms. The summed E-state index contributed by atoms with van der Waals surface area (Å²) in [5.41, 5.74) is 0. The van der Waals surface area contributed by atoms with E-state index in [1.807, 2.05) is 0 Å². The minimum atomic E-state index is -3.82. The molecule has 0 amide bonds. The van der Waals surface area contributed by atoms with Gasteiger partial charge in [0.25, 0.3) is 0 Å². The molecule has 2 unspecified atom stereocenters. The maximum absolute atomic E-state index is 13.2. The van der Waals surface area contributed by atoms with Crippen molar-refractivity contribution in [3.05, 3.63) is 28.5 Å². The zero-order chi connectivity index (χ0) is 14.8. The van der Waals surface area contributed by atoms with Crippen molar-refractivity contribution in [2.45, 2.75) is 17.9 Å². The molecule has 0 N–H and O–H groups in total. The predicted molar refractivity (Wildman–Crippen MR) is 77.4 cm³/mol. The van der Waals surface area contributed by atoms with E-state index in [1.165, 1.54) is 25.4 Å². The second-order valence-electron chi connectivity index (χ2n) is 4.18. The highest BCUT2D eigenvalue weighted by molar-refractivity contribution is 9.10. The van der Waals surface area contributed by atoms with Gasteiger partial charge in [0.15, 0.2) is 0 Å². The van der Waals surface area contributed by atoms with Crippen LogP contribution in [0.25, 0.3) is 0 Å². The van der Waals surface area contributed by atoms with Gasteiger partial charge in [-0.2, -0.15) is 4.31 Å². The molecule has 0 fully saturated rings. The zero-order valence-corrected chi connectivity index (χ0v) is 14.0. The molecule has 0 saturated heterocycles. The molecule has 19 heavy (non-hydrogen) atoms. The third-order valence-corrected chi connectivity index (χ3v) is 6.56. The molecule has 0 saturated carbocycles. The van der Waals surface area contributed by atoms with Gasteiger partial charge in [-0.25, -0.2) is 12.8 Å². The fourth-order valence-corrected chi connectivity index (χ4v) is 4.80. The van der Waals surface area contributed by atoms with Gasteiger partial charge in [0.05, 0.1) is 4.90 Å². The Morgan fingerprint density at radius 3 is 2.58 bits per heavy atom. The maximum Gasteiger partial charge on any atom is 0.244 e. The molecular formula is C11H15BrFNO3S2. The van der Waals surface area contributed by atoms with Gasteiger partial charge >= 0.3 is 0 Å². The van der Waals surface area contributed by atoms with Gasteiger partial charge in [-0.05, 0) is 41.1 Å². The van der Waals surface area contributed by atoms with Gasteiger partial charge in [0, 0.05) is 40.4 Å². The van der Waals surface area contributed by atoms with Crippen LogP contribution in [-0.2, 0) is 20.8 Å². The summed E-state index contributed by atoms with van der Waals surface area (Å²) in [5, 5.41) is 0. The summed E-state index contributed by atoms with van der Waals surface area (Å²) in [4.78, 5) is -0.135. The Labute approximate surface area is 123 Å². The van der Waals surface area contributed by atoms with E-state index in [-0.39, 0.29) is 10.6 Å². The van der Waals surface area contributed by atoms with Crippen LogP contribution in [0, 0.1) is 5.82 Å². The van der Waals surface area contributed by atoms with E-state index in [4.69, 9.17) is 0 Å². The second kappa shape index (κ2) is 6.43. The van der Waals surface area contributed by atoms with Crippen LogP contribution < -0.4 is 0 Å². The van der Waals surface area contributed by atoms with Crippen LogP contribution in [0.2, 0.25) is 0 Å². The minimum Gasteiger partial charge on any atom is -0.260 e. The molecule has 4 nitrogen and oxygen atoms in total. The van der Waals surface area contributed by atoms with E-state index >= 15 is 0 Å². The molecule has 0 radical (unpaired) electrons. The smallest absolute Gasteiger partial charge is 0.244 e. The van der Waals surface area contributed by atoms with Gasteiger partial charge in [-0.15, -0.1) is 0 Å². The van der Waals surface area contributed by atoms with E-state index in [1.54, 1.807) is 6.92 Å².